The van der Waals surface area contributed by atoms with Crippen LogP contribution in [0.2, 0.25) is 0 Å². The summed E-state index contributed by atoms with van der Waals surface area (Å²) in [5.74, 6) is -0.852. The molecule has 0 amide bonds. The molecule has 0 atom stereocenters. The lowest BCUT2D eigenvalue weighted by Crippen LogP contribution is -2.17. The molecule has 0 aliphatic carbocycles. The fraction of sp³-hybridized carbons (Fsp3) is 0. The number of aromatic amines is 1. The zero-order chi connectivity index (χ0) is 9.42. The normalized spacial score (nSPS) is 10.5. The number of aromatic hydroxyl groups is 1. The molecule has 0 aliphatic rings. The molecule has 66 valence electrons. The van der Waals surface area contributed by atoms with Crippen LogP contribution in [0.25, 0.3) is 11.0 Å². The Morgan fingerprint density at radius 1 is 1.31 bits per heavy atom. The molecule has 1 aromatic carbocycles. The van der Waals surface area contributed by atoms with Gasteiger partial charge in [-0.25, -0.2) is 4.79 Å². The van der Waals surface area contributed by atoms with E-state index in [2.05, 4.69) is 4.42 Å². The van der Waals surface area contributed by atoms with E-state index >= 15 is 0 Å². The molecule has 0 unspecified atom stereocenters. The monoisotopic (exact) mass is 179 g/mol. The van der Waals surface area contributed by atoms with Crippen molar-refractivity contribution in [3.05, 3.63) is 39.1 Å². The Morgan fingerprint density at radius 2 is 2.08 bits per heavy atom. The van der Waals surface area contributed by atoms with Crippen LogP contribution in [0.5, 0.6) is 5.75 Å². The van der Waals surface area contributed by atoms with E-state index in [0.29, 0.717) is 0 Å². The Kier molecular flexibility index (Phi) is 1.45. The molecule has 5 heteroatoms. The fourth-order valence-corrected chi connectivity index (χ4v) is 1.07. The number of benzene rings is 1. The molecular formula is C8H5NO4. The van der Waals surface area contributed by atoms with E-state index in [1.54, 1.807) is 0 Å². The number of nitrogens with one attached hydrogen (secondary N) is 1. The molecule has 0 saturated heterocycles. The van der Waals surface area contributed by atoms with Crippen molar-refractivity contribution in [1.82, 2.24) is 4.98 Å². The van der Waals surface area contributed by atoms with Crippen molar-refractivity contribution in [2.75, 3.05) is 0 Å². The molecule has 2 aromatic rings. The Labute approximate surface area is 71.3 Å². The predicted molar refractivity (Wildman–Crippen MR) is 44.8 cm³/mol. The topological polar surface area (TPSA) is 83.3 Å². The fourth-order valence-electron chi connectivity index (χ4n) is 1.07. The Balaban J connectivity index is 3.04. The first-order chi connectivity index (χ1) is 6.16. The number of phenols is 1. The lowest BCUT2D eigenvalue weighted by Gasteiger charge is -1.94. The van der Waals surface area contributed by atoms with Gasteiger partial charge in [0.2, 0.25) is 0 Å². The molecule has 0 bridgehead atoms. The first kappa shape index (κ1) is 7.60. The molecular weight excluding hydrogens is 174 g/mol. The molecule has 0 saturated carbocycles. The Hall–Kier alpha value is -2.04. The van der Waals surface area contributed by atoms with Gasteiger partial charge in [-0.3, -0.25) is 9.78 Å². The molecule has 1 aromatic heterocycles. The number of rotatable bonds is 0. The molecule has 0 aliphatic heterocycles. The average Bonchev–Trinajstić information content (AvgIpc) is 2.06. The molecule has 0 radical (unpaired) electrons. The molecule has 5 nitrogen and oxygen atoms in total. The van der Waals surface area contributed by atoms with Gasteiger partial charge in [0, 0.05) is 0 Å². The van der Waals surface area contributed by atoms with Crippen molar-refractivity contribution >= 4 is 11.0 Å². The van der Waals surface area contributed by atoms with Crippen molar-refractivity contribution < 1.29 is 9.52 Å². The van der Waals surface area contributed by atoms with Crippen LogP contribution < -0.4 is 11.3 Å². The molecule has 1 heterocycles. The highest BCUT2D eigenvalue weighted by Crippen LogP contribution is 2.14. The van der Waals surface area contributed by atoms with Gasteiger partial charge < -0.3 is 9.52 Å². The van der Waals surface area contributed by atoms with E-state index in [1.807, 2.05) is 4.98 Å². The van der Waals surface area contributed by atoms with E-state index in [0.717, 1.165) is 0 Å². The summed E-state index contributed by atoms with van der Waals surface area (Å²) in [6.45, 7) is 0. The number of H-pyrrole nitrogens is 1. The second kappa shape index (κ2) is 2.48. The largest absolute Gasteiger partial charge is 0.508 e. The number of phenolic OH excluding ortho intramolecular Hbond substituents is 1. The third-order valence-corrected chi connectivity index (χ3v) is 1.63. The summed E-state index contributed by atoms with van der Waals surface area (Å²) in [4.78, 5) is 23.8. The third-order valence-electron chi connectivity index (χ3n) is 1.63. The number of fused-ring (bicyclic) bond motifs is 1. The minimum absolute atomic E-state index is 0.0492. The lowest BCUT2D eigenvalue weighted by molar-refractivity contribution is 0.474. The molecule has 2 rings (SSSR count). The van der Waals surface area contributed by atoms with E-state index in [1.165, 1.54) is 18.2 Å². The van der Waals surface area contributed by atoms with Gasteiger partial charge in [0.15, 0.2) is 0 Å². The highest BCUT2D eigenvalue weighted by molar-refractivity contribution is 5.76. The number of aromatic nitrogens is 1. The van der Waals surface area contributed by atoms with Crippen LogP contribution in [0, 0.1) is 0 Å². The summed E-state index contributed by atoms with van der Waals surface area (Å²) in [6, 6.07) is 3.93. The smallest absolute Gasteiger partial charge is 0.419 e. The molecule has 0 fully saturated rings. The lowest BCUT2D eigenvalue weighted by atomic mass is 10.2. The van der Waals surface area contributed by atoms with Gasteiger partial charge in [-0.1, -0.05) is 0 Å². The van der Waals surface area contributed by atoms with Gasteiger partial charge in [-0.2, -0.15) is 0 Å². The van der Waals surface area contributed by atoms with E-state index in [4.69, 9.17) is 5.11 Å². The first-order valence-electron chi connectivity index (χ1n) is 3.53. The van der Waals surface area contributed by atoms with Gasteiger partial charge in [0.25, 0.3) is 5.56 Å². The van der Waals surface area contributed by atoms with Gasteiger partial charge in [-0.15, -0.1) is 0 Å². The highest BCUT2D eigenvalue weighted by atomic mass is 16.4. The summed E-state index contributed by atoms with van der Waals surface area (Å²) in [7, 11) is 0. The number of hydrogen-bond donors (Lipinski definition) is 2. The van der Waals surface area contributed by atoms with Crippen molar-refractivity contribution in [2.24, 2.45) is 0 Å². The van der Waals surface area contributed by atoms with Crippen LogP contribution in [-0.4, -0.2) is 10.1 Å². The zero-order valence-corrected chi connectivity index (χ0v) is 6.40. The quantitative estimate of drug-likeness (QED) is 0.604. The van der Waals surface area contributed by atoms with E-state index in [9.17, 15) is 9.59 Å². The van der Waals surface area contributed by atoms with Gasteiger partial charge in [-0.05, 0) is 18.2 Å². The van der Waals surface area contributed by atoms with E-state index < -0.39 is 11.3 Å². The van der Waals surface area contributed by atoms with Crippen LogP contribution in [0.4, 0.5) is 0 Å². The van der Waals surface area contributed by atoms with Crippen molar-refractivity contribution in [3.8, 4) is 5.75 Å². The average molecular weight is 179 g/mol. The minimum Gasteiger partial charge on any atom is -0.508 e. The summed E-state index contributed by atoms with van der Waals surface area (Å²) < 4.78 is 4.68. The standard InChI is InChI=1S/C8H5NO4/c10-4-1-2-6-5(3-4)7(11)9-8(12)13-6/h1-3,10H,(H,9,11,12). The maximum absolute atomic E-state index is 11.1. The second-order valence-electron chi connectivity index (χ2n) is 2.52. The zero-order valence-electron chi connectivity index (χ0n) is 6.40. The van der Waals surface area contributed by atoms with E-state index in [-0.39, 0.29) is 16.7 Å². The van der Waals surface area contributed by atoms with Crippen molar-refractivity contribution in [3.63, 3.8) is 0 Å². The summed E-state index contributed by atoms with van der Waals surface area (Å²) in [5.41, 5.74) is -0.409. The molecule has 0 spiro atoms. The van der Waals surface area contributed by atoms with Crippen LogP contribution in [0.3, 0.4) is 0 Å². The maximum Gasteiger partial charge on any atom is 0.419 e. The van der Waals surface area contributed by atoms with Crippen LogP contribution in [-0.2, 0) is 0 Å². The van der Waals surface area contributed by atoms with Gasteiger partial charge in [0.05, 0.1) is 5.39 Å². The maximum atomic E-state index is 11.1. The third kappa shape index (κ3) is 1.20. The van der Waals surface area contributed by atoms with Gasteiger partial charge in [0.1, 0.15) is 11.3 Å². The molecule has 2 N–H and O–H groups in total. The van der Waals surface area contributed by atoms with Crippen molar-refractivity contribution in [1.29, 1.82) is 0 Å². The summed E-state index contributed by atoms with van der Waals surface area (Å²) >= 11 is 0. The minimum atomic E-state index is -0.803. The Bertz CT molecular complexity index is 566. The van der Waals surface area contributed by atoms with Crippen LogP contribution in [0.15, 0.2) is 32.2 Å². The second-order valence-corrected chi connectivity index (χ2v) is 2.52. The number of hydrogen-bond acceptors (Lipinski definition) is 4. The highest BCUT2D eigenvalue weighted by Gasteiger charge is 2.02. The van der Waals surface area contributed by atoms with Crippen LogP contribution in [0.1, 0.15) is 0 Å². The first-order valence-corrected chi connectivity index (χ1v) is 3.53. The summed E-state index contributed by atoms with van der Waals surface area (Å²) in [6.07, 6.45) is 0. The van der Waals surface area contributed by atoms with Gasteiger partial charge >= 0.3 is 5.76 Å². The SMILES string of the molecule is O=c1[nH]c(=O)c2cc(O)ccc2o1. The molecule has 13 heavy (non-hydrogen) atoms. The van der Waals surface area contributed by atoms with Crippen LogP contribution >= 0.6 is 0 Å². The summed E-state index contributed by atoms with van der Waals surface area (Å²) in [5, 5.41) is 9.20. The Morgan fingerprint density at radius 3 is 2.85 bits per heavy atom. The van der Waals surface area contributed by atoms with Crippen molar-refractivity contribution in [2.45, 2.75) is 0 Å². The predicted octanol–water partition coefficient (Wildman–Crippen LogP) is 0.187.